The fraction of sp³-hybridized carbons (Fsp3) is 0.0169. The zero-order valence-electron chi connectivity index (χ0n) is 34.7. The molecule has 14 rings (SSSR count). The predicted octanol–water partition coefficient (Wildman–Crippen LogP) is 15.0. The maximum absolute atomic E-state index is 6.31. The smallest absolute Gasteiger partial charge is 0.164 e. The van der Waals surface area contributed by atoms with Crippen LogP contribution >= 0.6 is 11.8 Å². The number of benzene rings is 9. The second-order valence-electron chi connectivity index (χ2n) is 16.8. The van der Waals surface area contributed by atoms with Crippen LogP contribution in [-0.2, 0) is 5.41 Å². The summed E-state index contributed by atoms with van der Waals surface area (Å²) in [5, 5.41) is 5.44. The molecule has 0 unspecified atom stereocenters. The van der Waals surface area contributed by atoms with Crippen LogP contribution in [0.3, 0.4) is 0 Å². The zero-order chi connectivity index (χ0) is 42.6. The van der Waals surface area contributed by atoms with E-state index in [4.69, 9.17) is 24.4 Å². The zero-order valence-corrected chi connectivity index (χ0v) is 35.6. The fourth-order valence-electron chi connectivity index (χ4n) is 10.7. The van der Waals surface area contributed by atoms with E-state index in [0.717, 1.165) is 66.2 Å². The molecule has 0 saturated heterocycles. The molecule has 2 aliphatic rings. The minimum absolute atomic E-state index is 0.483. The van der Waals surface area contributed by atoms with Crippen molar-refractivity contribution < 1.29 is 4.42 Å². The molecule has 12 aromatic rings. The van der Waals surface area contributed by atoms with Gasteiger partial charge >= 0.3 is 0 Å². The Bertz CT molecular complexity index is 3910. The van der Waals surface area contributed by atoms with Crippen molar-refractivity contribution in [1.29, 1.82) is 0 Å². The first-order valence-corrected chi connectivity index (χ1v) is 22.7. The van der Waals surface area contributed by atoms with Gasteiger partial charge in [0.2, 0.25) is 0 Å². The maximum Gasteiger partial charge on any atom is 0.164 e. The van der Waals surface area contributed by atoms with Gasteiger partial charge < -0.3 is 4.42 Å². The summed E-state index contributed by atoms with van der Waals surface area (Å²) in [7, 11) is 0. The number of pyridine rings is 1. The largest absolute Gasteiger partial charge is 0.456 e. The SMILES string of the molecule is c1ccc(-c2nc(-c3cccc(-c4nc5ccccc5c5c6c(ccc45)C4(c5ccccc5Sc5ccccc54)c4ccccc4-6)c3)nc(-c3cccc4oc5ccccc5c34)n2)cc1. The summed E-state index contributed by atoms with van der Waals surface area (Å²) < 4.78 is 6.31. The van der Waals surface area contributed by atoms with Gasteiger partial charge in [-0.25, -0.2) is 19.9 Å². The summed E-state index contributed by atoms with van der Waals surface area (Å²) in [5.74, 6) is 1.76. The molecular weight excluding hydrogens is 813 g/mol. The molecule has 1 aliphatic carbocycles. The number of para-hydroxylation sites is 2. The average molecular weight is 847 g/mol. The standard InChI is InChI=1S/C59H34N4OS/c1-2-16-35(17-3-1)56-61-57(63-58(62-56)42-23-15-29-49-52(42)40-22-6-11-28-48(40)64-49)37-19-14-18-36(34-37)55-41-32-33-46-54(53(41)39-21-5-10-27-47(39)60-55)38-20-4-7-24-43(38)59(46)44-25-8-12-30-50(44)65-51-31-13-9-26-45(51)59/h1-34H. The lowest BCUT2D eigenvalue weighted by atomic mass is 9.67. The van der Waals surface area contributed by atoms with Crippen molar-refractivity contribution in [3.63, 3.8) is 0 Å². The van der Waals surface area contributed by atoms with E-state index in [0.29, 0.717) is 17.5 Å². The summed E-state index contributed by atoms with van der Waals surface area (Å²) in [6, 6.07) is 73.2. The Labute approximate surface area is 378 Å². The monoisotopic (exact) mass is 846 g/mol. The van der Waals surface area contributed by atoms with Crippen LogP contribution in [0.1, 0.15) is 22.3 Å². The van der Waals surface area contributed by atoms with E-state index >= 15 is 0 Å². The van der Waals surface area contributed by atoms with Crippen molar-refractivity contribution in [3.8, 4) is 56.5 Å². The molecule has 9 aromatic carbocycles. The minimum atomic E-state index is -0.483. The van der Waals surface area contributed by atoms with Gasteiger partial charge in [0.15, 0.2) is 17.5 Å². The third kappa shape index (κ3) is 5.23. The summed E-state index contributed by atoms with van der Waals surface area (Å²) >= 11 is 1.87. The highest BCUT2D eigenvalue weighted by Gasteiger charge is 2.50. The number of aromatic nitrogens is 4. The van der Waals surface area contributed by atoms with Gasteiger partial charge in [-0.1, -0.05) is 182 Å². The molecule has 0 bridgehead atoms. The van der Waals surface area contributed by atoms with Crippen molar-refractivity contribution in [2.24, 2.45) is 0 Å². The van der Waals surface area contributed by atoms with E-state index < -0.39 is 5.41 Å². The number of rotatable bonds is 4. The second kappa shape index (κ2) is 13.9. The summed E-state index contributed by atoms with van der Waals surface area (Å²) in [4.78, 5) is 23.6. The van der Waals surface area contributed by atoms with Gasteiger partial charge in [-0.2, -0.15) is 0 Å². The molecule has 1 spiro atoms. The molecule has 0 N–H and O–H groups in total. The Morgan fingerprint density at radius 1 is 0.369 bits per heavy atom. The number of hydrogen-bond acceptors (Lipinski definition) is 6. The number of nitrogens with zero attached hydrogens (tertiary/aromatic N) is 4. The molecular formula is C59H34N4OS. The molecule has 0 radical (unpaired) electrons. The van der Waals surface area contributed by atoms with E-state index in [1.165, 1.54) is 48.6 Å². The van der Waals surface area contributed by atoms with Crippen LogP contribution in [0, 0.1) is 0 Å². The molecule has 3 aromatic heterocycles. The third-order valence-corrected chi connectivity index (χ3v) is 14.5. The molecule has 5 nitrogen and oxygen atoms in total. The van der Waals surface area contributed by atoms with E-state index in [2.05, 4.69) is 146 Å². The Morgan fingerprint density at radius 2 is 0.969 bits per heavy atom. The Kier molecular flexibility index (Phi) is 7.77. The highest BCUT2D eigenvalue weighted by atomic mass is 32.2. The van der Waals surface area contributed by atoms with Crippen molar-refractivity contribution in [2.75, 3.05) is 0 Å². The normalized spacial score (nSPS) is 13.3. The van der Waals surface area contributed by atoms with E-state index in [9.17, 15) is 0 Å². The number of fused-ring (bicyclic) bond motifs is 16. The molecule has 4 heterocycles. The summed E-state index contributed by atoms with van der Waals surface area (Å²) in [6.07, 6.45) is 0. The number of furan rings is 1. The van der Waals surface area contributed by atoms with Gasteiger partial charge in [-0.05, 0) is 69.8 Å². The van der Waals surface area contributed by atoms with Gasteiger partial charge in [0.05, 0.1) is 16.6 Å². The van der Waals surface area contributed by atoms with Crippen LogP contribution in [-0.4, -0.2) is 19.9 Å². The second-order valence-corrected chi connectivity index (χ2v) is 17.9. The van der Waals surface area contributed by atoms with Gasteiger partial charge in [0, 0.05) is 59.0 Å². The molecule has 0 amide bonds. The minimum Gasteiger partial charge on any atom is -0.456 e. The van der Waals surface area contributed by atoms with Gasteiger partial charge in [0.25, 0.3) is 0 Å². The first-order chi connectivity index (χ1) is 32.2. The first kappa shape index (κ1) is 36.3. The fourth-order valence-corrected chi connectivity index (χ4v) is 11.9. The lowest BCUT2D eigenvalue weighted by Gasteiger charge is -2.39. The van der Waals surface area contributed by atoms with Gasteiger partial charge in [-0.15, -0.1) is 0 Å². The number of hydrogen-bond donors (Lipinski definition) is 0. The Balaban J connectivity index is 1.01. The van der Waals surface area contributed by atoms with Crippen LogP contribution < -0.4 is 0 Å². The first-order valence-electron chi connectivity index (χ1n) is 21.9. The van der Waals surface area contributed by atoms with E-state index in [1.54, 1.807) is 0 Å². The van der Waals surface area contributed by atoms with Crippen LogP contribution in [0.2, 0.25) is 0 Å². The van der Waals surface area contributed by atoms with Gasteiger partial charge in [0.1, 0.15) is 11.2 Å². The Morgan fingerprint density at radius 3 is 1.80 bits per heavy atom. The predicted molar refractivity (Wildman–Crippen MR) is 263 cm³/mol. The summed E-state index contributed by atoms with van der Waals surface area (Å²) in [5.41, 5.74) is 14.4. The highest BCUT2D eigenvalue weighted by Crippen LogP contribution is 2.63. The maximum atomic E-state index is 6.31. The van der Waals surface area contributed by atoms with Crippen LogP contribution in [0.5, 0.6) is 0 Å². The molecule has 6 heteroatoms. The Hall–Kier alpha value is -8.19. The van der Waals surface area contributed by atoms with Crippen LogP contribution in [0.15, 0.2) is 220 Å². The quantitative estimate of drug-likeness (QED) is 0.164. The average Bonchev–Trinajstić information content (AvgIpc) is 3.90. The van der Waals surface area contributed by atoms with Crippen molar-refractivity contribution in [1.82, 2.24) is 19.9 Å². The lowest BCUT2D eigenvalue weighted by Crippen LogP contribution is -2.31. The van der Waals surface area contributed by atoms with Crippen molar-refractivity contribution in [2.45, 2.75) is 15.2 Å². The van der Waals surface area contributed by atoms with E-state index in [1.807, 2.05) is 72.4 Å². The van der Waals surface area contributed by atoms with Crippen LogP contribution in [0.25, 0.3) is 100 Å². The molecule has 65 heavy (non-hydrogen) atoms. The van der Waals surface area contributed by atoms with Crippen LogP contribution in [0.4, 0.5) is 0 Å². The van der Waals surface area contributed by atoms with Gasteiger partial charge in [-0.3, -0.25) is 0 Å². The third-order valence-electron chi connectivity index (χ3n) is 13.4. The molecule has 302 valence electrons. The molecule has 0 saturated carbocycles. The van der Waals surface area contributed by atoms with Crippen molar-refractivity contribution in [3.05, 3.63) is 229 Å². The lowest BCUT2D eigenvalue weighted by molar-refractivity contribution is 0.669. The van der Waals surface area contributed by atoms with E-state index in [-0.39, 0.29) is 0 Å². The molecule has 0 fully saturated rings. The summed E-state index contributed by atoms with van der Waals surface area (Å²) in [6.45, 7) is 0. The highest BCUT2D eigenvalue weighted by molar-refractivity contribution is 7.99. The molecule has 1 aliphatic heterocycles. The molecule has 0 atom stereocenters. The topological polar surface area (TPSA) is 64.7 Å². The van der Waals surface area contributed by atoms with Crippen molar-refractivity contribution >= 4 is 55.4 Å².